The molecule has 164 valence electrons. The van der Waals surface area contributed by atoms with E-state index >= 15 is 0 Å². The monoisotopic (exact) mass is 476 g/mol. The molecule has 0 nitrogen and oxygen atoms in total. The number of hydrogen-bond acceptors (Lipinski definition) is 0. The van der Waals surface area contributed by atoms with Crippen LogP contribution in [0, 0.1) is 0 Å². The van der Waals surface area contributed by atoms with Gasteiger partial charge in [0.1, 0.15) is 0 Å². The summed E-state index contributed by atoms with van der Waals surface area (Å²) in [4.78, 5) is 0. The maximum Gasteiger partial charge on any atom is 0.0528 e. The third kappa shape index (κ3) is 4.65. The van der Waals surface area contributed by atoms with Gasteiger partial charge in [-0.15, -0.1) is 0 Å². The molecule has 27 heavy (non-hydrogen) atoms. The highest BCUT2D eigenvalue weighted by atomic mass is 30.2. The fourth-order valence-electron chi connectivity index (χ4n) is 8.74. The molecule has 0 rings (SSSR count). The van der Waals surface area contributed by atoms with Crippen molar-refractivity contribution in [3.05, 3.63) is 0 Å². The zero-order chi connectivity index (χ0) is 22.7. The van der Waals surface area contributed by atoms with Crippen LogP contribution < -0.4 is 0 Å². The zero-order valence-electron chi connectivity index (χ0n) is 22.7. The lowest BCUT2D eigenvalue weighted by Crippen LogP contribution is -2.91. The van der Waals surface area contributed by atoms with Crippen molar-refractivity contribution in [2.75, 3.05) is 0 Å². The molecule has 0 aromatic carbocycles. The Labute approximate surface area is 180 Å². The fourth-order valence-corrected chi connectivity index (χ4v) is 219. The molecule has 0 saturated heterocycles. The minimum atomic E-state index is -1.56. The molecule has 0 aromatic heterocycles. The SMILES string of the molecule is CC(C)(C)[Si]([SiH2][Si]([Si](C)(C)C)([Si](C)(C)C)[Si](C)(C)C)(C(C)(C)C)C(C)(C)C. The zero-order valence-corrected chi connectivity index (χ0v) is 29.1. The van der Waals surface area contributed by atoms with Crippen molar-refractivity contribution in [3.8, 4) is 0 Å². The van der Waals surface area contributed by atoms with Gasteiger partial charge in [-0.25, -0.2) is 0 Å². The summed E-state index contributed by atoms with van der Waals surface area (Å²) in [5.74, 6) is 0. The molecule has 0 amide bonds. The van der Waals surface area contributed by atoms with E-state index in [2.05, 4.69) is 121 Å². The topological polar surface area (TPSA) is 0 Å². The van der Waals surface area contributed by atoms with Crippen molar-refractivity contribution in [2.24, 2.45) is 0 Å². The highest BCUT2D eigenvalue weighted by Gasteiger charge is 2.69. The molecule has 0 atom stereocenters. The first kappa shape index (κ1) is 28.3. The summed E-state index contributed by atoms with van der Waals surface area (Å²) >= 11 is 0. The van der Waals surface area contributed by atoms with E-state index in [0.29, 0.717) is 15.1 Å². The fraction of sp³-hybridized carbons (Fsp3) is 1.00. The van der Waals surface area contributed by atoms with E-state index < -0.39 is 36.5 Å². The van der Waals surface area contributed by atoms with E-state index in [4.69, 9.17) is 0 Å². The van der Waals surface area contributed by atoms with Gasteiger partial charge >= 0.3 is 0 Å². The Morgan fingerprint density at radius 1 is 0.407 bits per heavy atom. The third-order valence-corrected chi connectivity index (χ3v) is 153. The second-order valence-corrected chi connectivity index (χ2v) is 80.1. The molecular formula is C21H56Si6. The van der Waals surface area contributed by atoms with E-state index in [9.17, 15) is 0 Å². The predicted octanol–water partition coefficient (Wildman–Crippen LogP) is 7.70. The first-order valence-electron chi connectivity index (χ1n) is 11.2. The average Bonchev–Trinajstić information content (AvgIpc) is 2.16. The Hall–Kier alpha value is 1.30. The van der Waals surface area contributed by atoms with Gasteiger partial charge in [-0.3, -0.25) is 0 Å². The van der Waals surface area contributed by atoms with Gasteiger partial charge in [-0.05, 0) is 15.1 Å². The molecule has 0 unspecified atom stereocenters. The van der Waals surface area contributed by atoms with Crippen LogP contribution in [0.15, 0.2) is 0 Å². The van der Waals surface area contributed by atoms with Crippen LogP contribution in [0.3, 0.4) is 0 Å². The Balaban J connectivity index is 7.45. The number of hydrogen-bond donors (Lipinski definition) is 0. The van der Waals surface area contributed by atoms with Gasteiger partial charge in [-0.1, -0.05) is 121 Å². The Kier molecular flexibility index (Phi) is 7.82. The van der Waals surface area contributed by atoms with Crippen molar-refractivity contribution >= 4 is 45.1 Å². The minimum Gasteiger partial charge on any atom is -0.0721 e. The van der Waals surface area contributed by atoms with Crippen LogP contribution in [-0.2, 0) is 0 Å². The maximum atomic E-state index is 2.82. The molecule has 0 aliphatic carbocycles. The molecule has 0 heterocycles. The standard InChI is InChI=1S/C21H56Si6/c1-19(2,3)26(20(4,5)6,21(7,8)9)22-27(23(10,11)12,24(13,14)15)25(16,17)18/h22H2,1-18H3. The van der Waals surface area contributed by atoms with Crippen LogP contribution in [-0.4, -0.2) is 45.1 Å². The van der Waals surface area contributed by atoms with Crippen LogP contribution >= 0.6 is 0 Å². The van der Waals surface area contributed by atoms with Crippen LogP contribution in [0.25, 0.3) is 0 Å². The molecule has 0 aliphatic rings. The molecule has 0 N–H and O–H groups in total. The van der Waals surface area contributed by atoms with E-state index in [-0.39, 0.29) is 8.55 Å². The molecule has 0 spiro atoms. The van der Waals surface area contributed by atoms with Crippen LogP contribution in [0.1, 0.15) is 62.3 Å². The predicted molar refractivity (Wildman–Crippen MR) is 149 cm³/mol. The van der Waals surface area contributed by atoms with Crippen molar-refractivity contribution in [2.45, 2.75) is 136 Å². The molecule has 0 fully saturated rings. The Morgan fingerprint density at radius 2 is 0.593 bits per heavy atom. The van der Waals surface area contributed by atoms with Crippen LogP contribution in [0.4, 0.5) is 0 Å². The summed E-state index contributed by atoms with van der Waals surface area (Å²) in [6.07, 6.45) is -1.25. The Morgan fingerprint density at radius 3 is 0.704 bits per heavy atom. The lowest BCUT2D eigenvalue weighted by Gasteiger charge is -2.68. The summed E-state index contributed by atoms with van der Waals surface area (Å²) < 4.78 is 0. The van der Waals surface area contributed by atoms with Crippen molar-refractivity contribution in [3.63, 3.8) is 0 Å². The van der Waals surface area contributed by atoms with E-state index in [0.717, 1.165) is 0 Å². The maximum absolute atomic E-state index is 2.82. The van der Waals surface area contributed by atoms with E-state index in [1.54, 1.807) is 0 Å². The smallest absolute Gasteiger partial charge is 0.0528 e. The van der Waals surface area contributed by atoms with Gasteiger partial charge in [0.25, 0.3) is 0 Å². The van der Waals surface area contributed by atoms with Gasteiger partial charge < -0.3 is 0 Å². The molecule has 0 aliphatic heterocycles. The van der Waals surface area contributed by atoms with Gasteiger partial charge in [-0.2, -0.15) is 0 Å². The highest BCUT2D eigenvalue weighted by Crippen LogP contribution is 2.63. The second kappa shape index (κ2) is 7.46. The molecule has 0 saturated carbocycles. The van der Waals surface area contributed by atoms with Crippen LogP contribution in [0.5, 0.6) is 0 Å². The van der Waals surface area contributed by atoms with Crippen LogP contribution in [0.2, 0.25) is 74.0 Å². The molecule has 0 bridgehead atoms. The summed E-state index contributed by atoms with van der Waals surface area (Å²) in [6, 6.07) is 0. The van der Waals surface area contributed by atoms with E-state index in [1.165, 1.54) is 0 Å². The Bertz CT molecular complexity index is 390. The van der Waals surface area contributed by atoms with Crippen molar-refractivity contribution in [1.29, 1.82) is 0 Å². The summed E-state index contributed by atoms with van der Waals surface area (Å²) in [6.45, 7) is 49.2. The normalized spacial score (nSPS) is 17.1. The first-order chi connectivity index (χ1) is 11.2. The van der Waals surface area contributed by atoms with Crippen molar-refractivity contribution in [1.82, 2.24) is 0 Å². The van der Waals surface area contributed by atoms with Gasteiger partial charge in [0.05, 0.1) is 7.59 Å². The lowest BCUT2D eigenvalue weighted by atomic mass is 10.2. The van der Waals surface area contributed by atoms with Gasteiger partial charge in [0.2, 0.25) is 0 Å². The number of rotatable bonds is 5. The minimum absolute atomic E-state index is 0.137. The molecular weight excluding hydrogens is 421 g/mol. The van der Waals surface area contributed by atoms with Gasteiger partial charge in [0.15, 0.2) is 0 Å². The van der Waals surface area contributed by atoms with Crippen molar-refractivity contribution < 1.29 is 0 Å². The quantitative estimate of drug-likeness (QED) is 0.356. The third-order valence-electron chi connectivity index (χ3n) is 8.21. The summed E-state index contributed by atoms with van der Waals surface area (Å²) in [5, 5.41) is 1.48. The highest BCUT2D eigenvalue weighted by molar-refractivity contribution is 8.06. The molecule has 0 radical (unpaired) electrons. The molecule has 0 aromatic rings. The molecule has 6 heteroatoms. The summed E-state index contributed by atoms with van der Waals surface area (Å²) in [7, 11) is -5.28. The first-order valence-corrected chi connectivity index (χ1v) is 33.4. The lowest BCUT2D eigenvalue weighted by molar-refractivity contribution is 0.556. The van der Waals surface area contributed by atoms with E-state index in [1.807, 2.05) is 0 Å². The summed E-state index contributed by atoms with van der Waals surface area (Å²) in [5.41, 5.74) is 0. The van der Waals surface area contributed by atoms with Gasteiger partial charge in [0, 0.05) is 37.5 Å². The second-order valence-electron chi connectivity index (χ2n) is 15.5. The average molecular weight is 477 g/mol. The largest absolute Gasteiger partial charge is 0.0721 e.